The highest BCUT2D eigenvalue weighted by molar-refractivity contribution is 8.00. The molecule has 0 atom stereocenters. The summed E-state index contributed by atoms with van der Waals surface area (Å²) < 4.78 is 0. The van der Waals surface area contributed by atoms with Gasteiger partial charge in [0.25, 0.3) is 0 Å². The molecule has 4 rings (SSSR count). The maximum Gasteiger partial charge on any atom is 0.234 e. The van der Waals surface area contributed by atoms with E-state index in [-0.39, 0.29) is 17.6 Å². The van der Waals surface area contributed by atoms with Gasteiger partial charge in [0.1, 0.15) is 10.5 Å². The van der Waals surface area contributed by atoms with Crippen molar-refractivity contribution in [3.8, 4) is 0 Å². The summed E-state index contributed by atoms with van der Waals surface area (Å²) in [6, 6.07) is 7.66. The smallest absolute Gasteiger partial charge is 0.234 e. The van der Waals surface area contributed by atoms with Crippen LogP contribution in [0.15, 0.2) is 41.8 Å². The van der Waals surface area contributed by atoms with Crippen LogP contribution in [0.1, 0.15) is 0 Å². The Balaban J connectivity index is 1.46. The van der Waals surface area contributed by atoms with E-state index >= 15 is 0 Å². The van der Waals surface area contributed by atoms with Gasteiger partial charge in [-0.15, -0.1) is 0 Å². The first-order valence-electron chi connectivity index (χ1n) is 7.15. The molecule has 120 valence electrons. The van der Waals surface area contributed by atoms with Gasteiger partial charge in [0.2, 0.25) is 11.9 Å². The number of nitrogens with two attached hydrogens (primary N) is 1. The van der Waals surface area contributed by atoms with Gasteiger partial charge in [-0.2, -0.15) is 4.98 Å². The number of H-pyrrole nitrogens is 2. The van der Waals surface area contributed by atoms with Crippen molar-refractivity contribution in [3.63, 3.8) is 0 Å². The third-order valence-electron chi connectivity index (χ3n) is 3.45. The lowest BCUT2D eigenvalue weighted by Crippen LogP contribution is -2.14. The number of carbonyl (C=O) groups excluding carboxylic acids is 1. The molecular formula is C15H13N7OS. The van der Waals surface area contributed by atoms with Gasteiger partial charge in [0.15, 0.2) is 5.65 Å². The highest BCUT2D eigenvalue weighted by Crippen LogP contribution is 2.24. The van der Waals surface area contributed by atoms with Crippen molar-refractivity contribution in [1.82, 2.24) is 24.9 Å². The van der Waals surface area contributed by atoms with Crippen LogP contribution in [0, 0.1) is 0 Å². The van der Waals surface area contributed by atoms with E-state index in [1.807, 2.05) is 30.5 Å². The summed E-state index contributed by atoms with van der Waals surface area (Å²) in [6.07, 6.45) is 3.39. The SMILES string of the molecule is Nc1nc(SCC(=O)Nc2ccc3[nH]ccc3c2)c2[nH]cnc2n1. The third kappa shape index (κ3) is 2.76. The summed E-state index contributed by atoms with van der Waals surface area (Å²) in [5.74, 6) is 0.214. The van der Waals surface area contributed by atoms with E-state index in [4.69, 9.17) is 5.73 Å². The number of benzene rings is 1. The van der Waals surface area contributed by atoms with E-state index in [1.165, 1.54) is 18.1 Å². The van der Waals surface area contributed by atoms with Crippen molar-refractivity contribution < 1.29 is 4.79 Å². The van der Waals surface area contributed by atoms with Gasteiger partial charge in [-0.25, -0.2) is 9.97 Å². The summed E-state index contributed by atoms with van der Waals surface area (Å²) in [5, 5.41) is 4.52. The van der Waals surface area contributed by atoms with Gasteiger partial charge < -0.3 is 21.0 Å². The lowest BCUT2D eigenvalue weighted by atomic mass is 10.2. The van der Waals surface area contributed by atoms with Gasteiger partial charge in [0, 0.05) is 22.8 Å². The van der Waals surface area contributed by atoms with Crippen LogP contribution >= 0.6 is 11.8 Å². The highest BCUT2D eigenvalue weighted by Gasteiger charge is 2.11. The molecule has 4 aromatic rings. The van der Waals surface area contributed by atoms with E-state index in [0.717, 1.165) is 16.6 Å². The molecule has 0 saturated carbocycles. The zero-order chi connectivity index (χ0) is 16.5. The molecule has 0 aliphatic rings. The number of amides is 1. The fourth-order valence-corrected chi connectivity index (χ4v) is 3.18. The number of rotatable bonds is 4. The average Bonchev–Trinajstić information content (AvgIpc) is 3.20. The van der Waals surface area contributed by atoms with Crippen molar-refractivity contribution in [3.05, 3.63) is 36.8 Å². The molecule has 3 aromatic heterocycles. The number of nitrogens with zero attached hydrogens (tertiary/aromatic N) is 3. The standard InChI is InChI=1S/C15H13N7OS/c16-15-21-13-12(18-7-19-13)14(22-15)24-6-11(23)20-9-1-2-10-8(5-9)3-4-17-10/h1-5,7,17H,6H2,(H,20,23)(H3,16,18,19,21,22). The van der Waals surface area contributed by atoms with E-state index in [1.54, 1.807) is 0 Å². The fraction of sp³-hybridized carbons (Fsp3) is 0.0667. The monoisotopic (exact) mass is 339 g/mol. The molecule has 0 saturated heterocycles. The van der Waals surface area contributed by atoms with Crippen molar-refractivity contribution in [2.24, 2.45) is 0 Å². The van der Waals surface area contributed by atoms with Gasteiger partial charge in [-0.3, -0.25) is 4.79 Å². The molecule has 5 N–H and O–H groups in total. The van der Waals surface area contributed by atoms with E-state index in [9.17, 15) is 4.79 Å². The second-order valence-corrected chi connectivity index (χ2v) is 6.07. The van der Waals surface area contributed by atoms with Gasteiger partial charge in [-0.05, 0) is 24.3 Å². The Hall–Kier alpha value is -3.07. The van der Waals surface area contributed by atoms with Gasteiger partial charge in [0.05, 0.1) is 12.1 Å². The topological polar surface area (TPSA) is 125 Å². The third-order valence-corrected chi connectivity index (χ3v) is 4.42. The molecule has 0 bridgehead atoms. The molecular weight excluding hydrogens is 326 g/mol. The summed E-state index contributed by atoms with van der Waals surface area (Å²) in [5.41, 5.74) is 8.61. The Morgan fingerprint density at radius 1 is 1.25 bits per heavy atom. The van der Waals surface area contributed by atoms with Crippen LogP contribution in [0.25, 0.3) is 22.1 Å². The maximum atomic E-state index is 12.2. The van der Waals surface area contributed by atoms with Gasteiger partial charge >= 0.3 is 0 Å². The molecule has 0 spiro atoms. The van der Waals surface area contributed by atoms with Crippen molar-refractivity contribution in [2.45, 2.75) is 5.03 Å². The molecule has 0 radical (unpaired) electrons. The summed E-state index contributed by atoms with van der Waals surface area (Å²) in [4.78, 5) is 30.5. The van der Waals surface area contributed by atoms with Crippen LogP contribution in [0.3, 0.4) is 0 Å². The first-order valence-corrected chi connectivity index (χ1v) is 8.14. The highest BCUT2D eigenvalue weighted by atomic mass is 32.2. The van der Waals surface area contributed by atoms with E-state index < -0.39 is 0 Å². The van der Waals surface area contributed by atoms with Crippen LogP contribution in [0.5, 0.6) is 0 Å². The van der Waals surface area contributed by atoms with E-state index in [0.29, 0.717) is 16.2 Å². The van der Waals surface area contributed by atoms with Crippen LogP contribution in [-0.4, -0.2) is 36.6 Å². The zero-order valence-corrected chi connectivity index (χ0v) is 13.2. The molecule has 3 heterocycles. The molecule has 9 heteroatoms. The predicted octanol–water partition coefficient (Wildman–Crippen LogP) is 2.15. The number of aromatic amines is 2. The Labute approximate surface area is 140 Å². The van der Waals surface area contributed by atoms with Crippen molar-refractivity contribution in [1.29, 1.82) is 0 Å². The maximum absolute atomic E-state index is 12.2. The Kier molecular flexibility index (Phi) is 3.54. The van der Waals surface area contributed by atoms with E-state index in [2.05, 4.69) is 30.2 Å². The number of nitrogens with one attached hydrogen (secondary N) is 3. The molecule has 1 aromatic carbocycles. The summed E-state index contributed by atoms with van der Waals surface area (Å²) >= 11 is 1.28. The number of nitrogen functional groups attached to an aromatic ring is 1. The summed E-state index contributed by atoms with van der Waals surface area (Å²) in [6.45, 7) is 0. The predicted molar refractivity (Wildman–Crippen MR) is 93.7 cm³/mol. The van der Waals surface area contributed by atoms with Crippen molar-refractivity contribution in [2.75, 3.05) is 16.8 Å². The van der Waals surface area contributed by atoms with Gasteiger partial charge in [-0.1, -0.05) is 11.8 Å². The number of hydrogen-bond donors (Lipinski definition) is 4. The molecule has 24 heavy (non-hydrogen) atoms. The Morgan fingerprint density at radius 2 is 2.17 bits per heavy atom. The lowest BCUT2D eigenvalue weighted by Gasteiger charge is -2.06. The molecule has 8 nitrogen and oxygen atoms in total. The van der Waals surface area contributed by atoms with Crippen molar-refractivity contribution >= 4 is 51.4 Å². The second kappa shape index (κ2) is 5.85. The number of thioether (sulfide) groups is 1. The summed E-state index contributed by atoms with van der Waals surface area (Å²) in [7, 11) is 0. The minimum Gasteiger partial charge on any atom is -0.368 e. The normalized spacial score (nSPS) is 11.2. The number of anilines is 2. The largest absolute Gasteiger partial charge is 0.368 e. The first kappa shape index (κ1) is 14.5. The molecule has 0 aliphatic carbocycles. The minimum absolute atomic E-state index is 0.125. The number of fused-ring (bicyclic) bond motifs is 2. The fourth-order valence-electron chi connectivity index (χ4n) is 2.39. The molecule has 0 fully saturated rings. The number of carbonyl (C=O) groups is 1. The number of imidazole rings is 1. The zero-order valence-electron chi connectivity index (χ0n) is 12.4. The van der Waals surface area contributed by atoms with Crippen LogP contribution in [-0.2, 0) is 4.79 Å². The minimum atomic E-state index is -0.125. The first-order chi connectivity index (χ1) is 11.7. The second-order valence-electron chi connectivity index (χ2n) is 5.10. The Morgan fingerprint density at radius 3 is 3.08 bits per heavy atom. The van der Waals surface area contributed by atoms with Crippen LogP contribution in [0.4, 0.5) is 11.6 Å². The molecule has 1 amide bonds. The lowest BCUT2D eigenvalue weighted by molar-refractivity contribution is -0.113. The van der Waals surface area contributed by atoms with Crippen LogP contribution < -0.4 is 11.1 Å². The average molecular weight is 339 g/mol. The number of aromatic nitrogens is 5. The molecule has 0 unspecified atom stereocenters. The number of hydrogen-bond acceptors (Lipinski definition) is 6. The molecule has 0 aliphatic heterocycles. The van der Waals surface area contributed by atoms with Crippen LogP contribution in [0.2, 0.25) is 0 Å². The quantitative estimate of drug-likeness (QED) is 0.333. The Bertz CT molecular complexity index is 1040.